The second-order valence-corrected chi connectivity index (χ2v) is 4.72. The number of carbonyl (C=O) groups is 1. The summed E-state index contributed by atoms with van der Waals surface area (Å²) in [5.74, 6) is -0.738. The average Bonchev–Trinajstić information content (AvgIpc) is 2.54. The van der Waals surface area contributed by atoms with Crippen molar-refractivity contribution in [3.63, 3.8) is 0 Å². The number of benzene rings is 2. The Morgan fingerprint density at radius 1 is 1.32 bits per heavy atom. The summed E-state index contributed by atoms with van der Waals surface area (Å²) in [5.41, 5.74) is 0.453. The molecule has 0 spiro atoms. The molecule has 0 N–H and O–H groups in total. The molecule has 22 heavy (non-hydrogen) atoms. The molecule has 0 saturated carbocycles. The van der Waals surface area contributed by atoms with Gasteiger partial charge in [0.25, 0.3) is 5.69 Å². The summed E-state index contributed by atoms with van der Waals surface area (Å²) < 4.78 is 4.49. The molecule has 7 heteroatoms. The molecule has 2 rings (SSSR count). The molecular formula is C15H14N2O5. The highest BCUT2D eigenvalue weighted by Gasteiger charge is 2.23. The Balaban J connectivity index is 2.40. The Kier molecular flexibility index (Phi) is 4.77. The largest absolute Gasteiger partial charge is 0.467 e. The second kappa shape index (κ2) is 6.75. The van der Waals surface area contributed by atoms with E-state index >= 15 is 0 Å². The van der Waals surface area contributed by atoms with Gasteiger partial charge in [0.2, 0.25) is 0 Å². The number of ether oxygens (including phenoxy) is 1. The Labute approximate surface area is 126 Å². The lowest BCUT2D eigenvalue weighted by Gasteiger charge is -2.10. The second-order valence-electron chi connectivity index (χ2n) is 4.72. The summed E-state index contributed by atoms with van der Waals surface area (Å²) in [7, 11) is 1.17. The Morgan fingerprint density at radius 2 is 2.05 bits per heavy atom. The summed E-state index contributed by atoms with van der Waals surface area (Å²) >= 11 is 0. The highest BCUT2D eigenvalue weighted by molar-refractivity contribution is 5.88. The lowest BCUT2D eigenvalue weighted by atomic mass is 9.97. The van der Waals surface area contributed by atoms with Crippen molar-refractivity contribution >= 4 is 22.4 Å². The molecule has 0 radical (unpaired) electrons. The zero-order chi connectivity index (χ0) is 16.1. The van der Waals surface area contributed by atoms with E-state index in [2.05, 4.69) is 9.91 Å². The normalized spacial score (nSPS) is 11.9. The zero-order valence-electron chi connectivity index (χ0n) is 11.9. The minimum absolute atomic E-state index is 0.0341. The first-order chi connectivity index (χ1) is 10.6. The molecule has 1 unspecified atom stereocenters. The van der Waals surface area contributed by atoms with Crippen molar-refractivity contribution in [2.75, 3.05) is 7.11 Å². The third-order valence-electron chi connectivity index (χ3n) is 3.48. The molecule has 7 nitrogen and oxygen atoms in total. The monoisotopic (exact) mass is 302 g/mol. The van der Waals surface area contributed by atoms with Crippen molar-refractivity contribution in [3.05, 3.63) is 57.0 Å². The quantitative estimate of drug-likeness (QED) is 0.353. The van der Waals surface area contributed by atoms with E-state index in [4.69, 9.17) is 0 Å². The van der Waals surface area contributed by atoms with Gasteiger partial charge in [-0.3, -0.25) is 10.1 Å². The maximum atomic E-state index is 11.4. The van der Waals surface area contributed by atoms with Gasteiger partial charge in [-0.05, 0) is 29.7 Å². The topological polar surface area (TPSA) is 98.9 Å². The van der Waals surface area contributed by atoms with E-state index < -0.39 is 16.9 Å². The van der Waals surface area contributed by atoms with Crippen LogP contribution in [0.15, 0.2) is 41.6 Å². The van der Waals surface area contributed by atoms with Crippen LogP contribution in [0.1, 0.15) is 12.0 Å². The summed E-state index contributed by atoms with van der Waals surface area (Å²) in [5, 5.41) is 15.5. The van der Waals surface area contributed by atoms with Gasteiger partial charge in [-0.25, -0.2) is 4.79 Å². The number of hydrogen-bond acceptors (Lipinski definition) is 6. The minimum atomic E-state index is -1.16. The Morgan fingerprint density at radius 3 is 2.68 bits per heavy atom. The van der Waals surface area contributed by atoms with Crippen molar-refractivity contribution < 1.29 is 14.5 Å². The molecule has 0 bridgehead atoms. The molecule has 1 atom stereocenters. The maximum Gasteiger partial charge on any atom is 0.334 e. The molecule has 0 fully saturated rings. The SMILES string of the molecule is COC(=O)C(CCc1c([N+](=O)[O-])ccc2ccccc12)N=O. The van der Waals surface area contributed by atoms with Gasteiger partial charge in [0.05, 0.1) is 12.0 Å². The Bertz CT molecular complexity index is 729. The number of esters is 1. The molecule has 0 saturated heterocycles. The van der Waals surface area contributed by atoms with E-state index in [1.54, 1.807) is 18.2 Å². The fourth-order valence-electron chi connectivity index (χ4n) is 2.39. The molecule has 0 aliphatic carbocycles. The van der Waals surface area contributed by atoms with Crippen LogP contribution >= 0.6 is 0 Å². The highest BCUT2D eigenvalue weighted by atomic mass is 16.6. The smallest absolute Gasteiger partial charge is 0.334 e. The van der Waals surface area contributed by atoms with E-state index in [1.165, 1.54) is 13.2 Å². The fraction of sp³-hybridized carbons (Fsp3) is 0.267. The van der Waals surface area contributed by atoms with E-state index in [0.717, 1.165) is 10.8 Å². The van der Waals surface area contributed by atoms with Crippen molar-refractivity contribution in [2.45, 2.75) is 18.9 Å². The summed E-state index contributed by atoms with van der Waals surface area (Å²) in [6.45, 7) is 0. The lowest BCUT2D eigenvalue weighted by molar-refractivity contribution is -0.385. The first-order valence-electron chi connectivity index (χ1n) is 6.63. The highest BCUT2D eigenvalue weighted by Crippen LogP contribution is 2.29. The van der Waals surface area contributed by atoms with Crippen molar-refractivity contribution in [1.29, 1.82) is 0 Å². The van der Waals surface area contributed by atoms with Crippen LogP contribution in [0.25, 0.3) is 10.8 Å². The van der Waals surface area contributed by atoms with Crippen LogP contribution in [0.2, 0.25) is 0 Å². The van der Waals surface area contributed by atoms with Crippen molar-refractivity contribution in [2.24, 2.45) is 5.18 Å². The molecule has 2 aromatic rings. The molecule has 0 amide bonds. The molecule has 0 heterocycles. The van der Waals surface area contributed by atoms with Crippen LogP contribution in [0.3, 0.4) is 0 Å². The number of fused-ring (bicyclic) bond motifs is 1. The number of carbonyl (C=O) groups excluding carboxylic acids is 1. The van der Waals surface area contributed by atoms with Gasteiger partial charge in [0.15, 0.2) is 6.04 Å². The first-order valence-corrected chi connectivity index (χ1v) is 6.63. The third-order valence-corrected chi connectivity index (χ3v) is 3.48. The van der Waals surface area contributed by atoms with Gasteiger partial charge >= 0.3 is 5.97 Å². The summed E-state index contributed by atoms with van der Waals surface area (Å²) in [6, 6.07) is 9.18. The van der Waals surface area contributed by atoms with E-state index in [-0.39, 0.29) is 18.5 Å². The molecular weight excluding hydrogens is 288 g/mol. The van der Waals surface area contributed by atoms with E-state index in [0.29, 0.717) is 5.56 Å². The van der Waals surface area contributed by atoms with Crippen LogP contribution in [-0.4, -0.2) is 24.0 Å². The number of methoxy groups -OCH3 is 1. The predicted molar refractivity (Wildman–Crippen MR) is 80.5 cm³/mol. The number of hydrogen-bond donors (Lipinski definition) is 0. The van der Waals surface area contributed by atoms with Gasteiger partial charge in [0, 0.05) is 11.6 Å². The minimum Gasteiger partial charge on any atom is -0.467 e. The van der Waals surface area contributed by atoms with Gasteiger partial charge in [-0.2, -0.15) is 0 Å². The maximum absolute atomic E-state index is 11.4. The first kappa shape index (κ1) is 15.6. The third kappa shape index (κ3) is 3.08. The number of rotatable bonds is 6. The van der Waals surface area contributed by atoms with Crippen LogP contribution in [0.4, 0.5) is 5.69 Å². The summed E-state index contributed by atoms with van der Waals surface area (Å²) in [6.07, 6.45) is 0.244. The van der Waals surface area contributed by atoms with Gasteiger partial charge < -0.3 is 4.74 Å². The van der Waals surface area contributed by atoms with Crippen molar-refractivity contribution in [1.82, 2.24) is 0 Å². The molecule has 114 valence electrons. The van der Waals surface area contributed by atoms with Gasteiger partial charge in [0.1, 0.15) is 0 Å². The van der Waals surface area contributed by atoms with Crippen LogP contribution in [0, 0.1) is 15.0 Å². The zero-order valence-corrected chi connectivity index (χ0v) is 11.9. The fourth-order valence-corrected chi connectivity index (χ4v) is 2.39. The van der Waals surface area contributed by atoms with E-state index in [1.807, 2.05) is 12.1 Å². The number of nitroso groups, excluding NO2 is 1. The van der Waals surface area contributed by atoms with Gasteiger partial charge in [-0.15, -0.1) is 4.91 Å². The molecule has 0 aromatic heterocycles. The number of nitro groups is 1. The number of nitrogens with zero attached hydrogens (tertiary/aromatic N) is 2. The number of nitro benzene ring substituents is 1. The average molecular weight is 302 g/mol. The molecule has 0 aliphatic rings. The van der Waals surface area contributed by atoms with Gasteiger partial charge in [-0.1, -0.05) is 29.4 Å². The number of aryl methyl sites for hydroxylation is 1. The summed E-state index contributed by atoms with van der Waals surface area (Å²) in [4.78, 5) is 32.9. The Hall–Kier alpha value is -2.83. The van der Waals surface area contributed by atoms with E-state index in [9.17, 15) is 19.8 Å². The van der Waals surface area contributed by atoms with Crippen molar-refractivity contribution in [3.8, 4) is 0 Å². The molecule has 0 aliphatic heterocycles. The lowest BCUT2D eigenvalue weighted by Crippen LogP contribution is -2.20. The van der Waals surface area contributed by atoms with Crippen LogP contribution in [0.5, 0.6) is 0 Å². The molecule has 2 aromatic carbocycles. The standard InChI is InChI=1S/C15H14N2O5/c1-22-15(18)13(16-19)8-7-12-11-5-3-2-4-10(11)6-9-14(12)17(20)21/h2-6,9,13H,7-8H2,1H3. The van der Waals surface area contributed by atoms with Crippen LogP contribution < -0.4 is 0 Å². The predicted octanol–water partition coefficient (Wildman–Crippen LogP) is 2.99. The van der Waals surface area contributed by atoms with Crippen LogP contribution in [-0.2, 0) is 16.0 Å².